The second-order valence-electron chi connectivity index (χ2n) is 7.14. The second kappa shape index (κ2) is 9.16. The lowest BCUT2D eigenvalue weighted by Crippen LogP contribution is -2.57. The summed E-state index contributed by atoms with van der Waals surface area (Å²) < 4.78 is 5.14. The molecule has 0 aliphatic carbocycles. The summed E-state index contributed by atoms with van der Waals surface area (Å²) in [6.45, 7) is 12.3. The predicted molar refractivity (Wildman–Crippen MR) is 102 cm³/mol. The molecular formula is C18H31N7O2. The number of likely N-dealkylation sites (tertiary alicyclic amines) is 1. The normalized spacial score (nSPS) is 20.2. The van der Waals surface area contributed by atoms with Gasteiger partial charge in [0.1, 0.15) is 6.54 Å². The van der Waals surface area contributed by atoms with E-state index in [9.17, 15) is 4.79 Å². The second-order valence-corrected chi connectivity index (χ2v) is 7.14. The van der Waals surface area contributed by atoms with E-state index >= 15 is 0 Å². The van der Waals surface area contributed by atoms with Crippen LogP contribution in [0.4, 0.5) is 0 Å². The molecule has 2 saturated heterocycles. The van der Waals surface area contributed by atoms with Gasteiger partial charge in [0, 0.05) is 45.8 Å². The molecule has 9 heteroatoms. The molecule has 1 unspecified atom stereocenters. The van der Waals surface area contributed by atoms with Crippen molar-refractivity contribution in [3.8, 4) is 0 Å². The van der Waals surface area contributed by atoms with Crippen molar-refractivity contribution in [2.75, 3.05) is 45.8 Å². The van der Waals surface area contributed by atoms with Gasteiger partial charge in [0.15, 0.2) is 11.8 Å². The van der Waals surface area contributed by atoms with Gasteiger partial charge in [0.05, 0.1) is 6.04 Å². The van der Waals surface area contributed by atoms with Crippen molar-refractivity contribution in [2.24, 2.45) is 4.99 Å². The molecule has 150 valence electrons. The number of aryl methyl sites for hydroxylation is 1. The molecule has 0 bridgehead atoms. The van der Waals surface area contributed by atoms with Crippen molar-refractivity contribution in [1.29, 1.82) is 0 Å². The Bertz CT molecular complexity index is 646. The zero-order valence-corrected chi connectivity index (χ0v) is 16.6. The van der Waals surface area contributed by atoms with E-state index in [4.69, 9.17) is 4.52 Å². The number of hydrogen-bond donors (Lipinski definition) is 1. The number of rotatable bonds is 5. The molecule has 0 spiro atoms. The Kier molecular flexibility index (Phi) is 6.65. The zero-order chi connectivity index (χ0) is 19.2. The number of nitrogens with zero attached hydrogens (tertiary/aromatic N) is 6. The lowest BCUT2D eigenvalue weighted by molar-refractivity contribution is -0.135. The van der Waals surface area contributed by atoms with E-state index in [1.54, 1.807) is 6.92 Å². The first-order valence-corrected chi connectivity index (χ1v) is 9.93. The van der Waals surface area contributed by atoms with Gasteiger partial charge in [-0.05, 0) is 33.6 Å². The van der Waals surface area contributed by atoms with Crippen molar-refractivity contribution >= 4 is 11.9 Å². The molecule has 2 aliphatic heterocycles. The fourth-order valence-corrected chi connectivity index (χ4v) is 3.65. The number of aliphatic imine (C=N–C) groups is 1. The first kappa shape index (κ1) is 19.6. The third kappa shape index (κ3) is 4.97. The molecule has 2 aliphatic rings. The largest absolute Gasteiger partial charge is 0.357 e. The molecule has 1 N–H and O–H groups in total. The van der Waals surface area contributed by atoms with Gasteiger partial charge in [-0.25, -0.2) is 4.99 Å². The van der Waals surface area contributed by atoms with Crippen molar-refractivity contribution in [3.05, 3.63) is 11.7 Å². The number of piperazine rings is 1. The number of nitrogens with one attached hydrogen (secondary N) is 1. The summed E-state index contributed by atoms with van der Waals surface area (Å²) in [5, 5.41) is 7.13. The van der Waals surface area contributed by atoms with E-state index in [-0.39, 0.29) is 11.9 Å². The third-order valence-electron chi connectivity index (χ3n) is 5.21. The lowest BCUT2D eigenvalue weighted by Gasteiger charge is -2.39. The molecular weight excluding hydrogens is 346 g/mol. The summed E-state index contributed by atoms with van der Waals surface area (Å²) >= 11 is 0. The fourth-order valence-electron chi connectivity index (χ4n) is 3.65. The molecule has 0 saturated carbocycles. The summed E-state index contributed by atoms with van der Waals surface area (Å²) in [6.07, 6.45) is 2.27. The standard InChI is InChI=1S/C18H31N7O2/c1-4-19-18(20-13-16-21-15(3)22-27-16)25-11-9-23(10-12-25)14(2)17(26)24-7-5-6-8-24/h14H,4-13H2,1-3H3,(H,19,20). The molecule has 3 heterocycles. The maximum atomic E-state index is 12.6. The molecule has 1 aromatic rings. The van der Waals surface area contributed by atoms with Gasteiger partial charge in [-0.1, -0.05) is 5.16 Å². The number of carbonyl (C=O) groups is 1. The van der Waals surface area contributed by atoms with E-state index in [0.717, 1.165) is 64.6 Å². The van der Waals surface area contributed by atoms with Gasteiger partial charge >= 0.3 is 0 Å². The number of carbonyl (C=O) groups excluding carboxylic acids is 1. The van der Waals surface area contributed by atoms with Gasteiger partial charge in [-0.15, -0.1) is 0 Å². The summed E-state index contributed by atoms with van der Waals surface area (Å²) in [4.78, 5) is 28.0. The van der Waals surface area contributed by atoms with Crippen LogP contribution >= 0.6 is 0 Å². The first-order valence-electron chi connectivity index (χ1n) is 9.93. The Hall–Kier alpha value is -2.16. The van der Waals surface area contributed by atoms with Crippen molar-refractivity contribution in [1.82, 2.24) is 30.2 Å². The Balaban J connectivity index is 1.54. The van der Waals surface area contributed by atoms with E-state index in [1.165, 1.54) is 0 Å². The van der Waals surface area contributed by atoms with Gasteiger partial charge < -0.3 is 19.6 Å². The Morgan fingerprint density at radius 1 is 1.19 bits per heavy atom. The predicted octanol–water partition coefficient (Wildman–Crippen LogP) is 0.472. The van der Waals surface area contributed by atoms with Crippen LogP contribution in [0.3, 0.4) is 0 Å². The van der Waals surface area contributed by atoms with Crippen molar-refractivity contribution in [3.63, 3.8) is 0 Å². The monoisotopic (exact) mass is 377 g/mol. The van der Waals surface area contributed by atoms with E-state index < -0.39 is 0 Å². The van der Waals surface area contributed by atoms with Crippen LogP contribution < -0.4 is 5.32 Å². The van der Waals surface area contributed by atoms with Crippen LogP contribution in [0.5, 0.6) is 0 Å². The fraction of sp³-hybridized carbons (Fsp3) is 0.778. The summed E-state index contributed by atoms with van der Waals surface area (Å²) in [5.41, 5.74) is 0. The molecule has 0 aromatic carbocycles. The van der Waals surface area contributed by atoms with Crippen LogP contribution in [0, 0.1) is 6.92 Å². The van der Waals surface area contributed by atoms with E-state index in [1.807, 2.05) is 11.8 Å². The first-order chi connectivity index (χ1) is 13.1. The van der Waals surface area contributed by atoms with Crippen molar-refractivity contribution < 1.29 is 9.32 Å². The third-order valence-corrected chi connectivity index (χ3v) is 5.21. The smallest absolute Gasteiger partial charge is 0.248 e. The highest BCUT2D eigenvalue weighted by atomic mass is 16.5. The quantitative estimate of drug-likeness (QED) is 0.589. The van der Waals surface area contributed by atoms with Gasteiger partial charge in [0.25, 0.3) is 0 Å². The molecule has 2 fully saturated rings. The Morgan fingerprint density at radius 2 is 1.89 bits per heavy atom. The number of amides is 1. The Labute approximate surface area is 160 Å². The summed E-state index contributed by atoms with van der Waals surface area (Å²) in [7, 11) is 0. The summed E-state index contributed by atoms with van der Waals surface area (Å²) in [5.74, 6) is 2.27. The molecule has 1 atom stereocenters. The molecule has 1 aromatic heterocycles. The van der Waals surface area contributed by atoms with Crippen LogP contribution in [-0.2, 0) is 11.3 Å². The number of aromatic nitrogens is 2. The highest BCUT2D eigenvalue weighted by Gasteiger charge is 2.30. The highest BCUT2D eigenvalue weighted by molar-refractivity contribution is 5.82. The molecule has 3 rings (SSSR count). The van der Waals surface area contributed by atoms with Gasteiger partial charge in [0.2, 0.25) is 11.8 Å². The van der Waals surface area contributed by atoms with E-state index in [0.29, 0.717) is 18.3 Å². The van der Waals surface area contributed by atoms with Crippen LogP contribution in [-0.4, -0.2) is 88.6 Å². The average Bonchev–Trinajstić information content (AvgIpc) is 3.36. The topological polar surface area (TPSA) is 90.1 Å². The summed E-state index contributed by atoms with van der Waals surface area (Å²) in [6, 6.07) is -0.0499. The average molecular weight is 377 g/mol. The zero-order valence-electron chi connectivity index (χ0n) is 16.6. The lowest BCUT2D eigenvalue weighted by atomic mass is 10.2. The molecule has 9 nitrogen and oxygen atoms in total. The minimum atomic E-state index is -0.0499. The van der Waals surface area contributed by atoms with Crippen molar-refractivity contribution in [2.45, 2.75) is 46.2 Å². The number of hydrogen-bond acceptors (Lipinski definition) is 6. The van der Waals surface area contributed by atoms with Gasteiger partial charge in [-0.2, -0.15) is 4.98 Å². The minimum Gasteiger partial charge on any atom is -0.357 e. The van der Waals surface area contributed by atoms with Crippen LogP contribution in [0.2, 0.25) is 0 Å². The Morgan fingerprint density at radius 3 is 2.48 bits per heavy atom. The van der Waals surface area contributed by atoms with Gasteiger partial charge in [-0.3, -0.25) is 9.69 Å². The molecule has 27 heavy (non-hydrogen) atoms. The van der Waals surface area contributed by atoms with Crippen LogP contribution in [0.1, 0.15) is 38.4 Å². The number of guanidine groups is 1. The molecule has 0 radical (unpaired) electrons. The van der Waals surface area contributed by atoms with Crippen LogP contribution in [0.25, 0.3) is 0 Å². The SMILES string of the molecule is CCNC(=NCc1nc(C)no1)N1CCN(C(C)C(=O)N2CCCC2)CC1. The maximum absolute atomic E-state index is 12.6. The highest BCUT2D eigenvalue weighted by Crippen LogP contribution is 2.14. The van der Waals surface area contributed by atoms with E-state index in [2.05, 4.69) is 37.2 Å². The molecule has 1 amide bonds. The minimum absolute atomic E-state index is 0.0499. The van der Waals surface area contributed by atoms with Crippen LogP contribution in [0.15, 0.2) is 9.52 Å². The maximum Gasteiger partial charge on any atom is 0.248 e.